The number of imidazole rings is 1. The molecule has 0 unspecified atom stereocenters. The minimum atomic E-state index is -3.38. The molecule has 4 rings (SSSR count). The van der Waals surface area contributed by atoms with Gasteiger partial charge in [-0.1, -0.05) is 30.0 Å². The van der Waals surface area contributed by atoms with Crippen molar-refractivity contribution in [1.82, 2.24) is 9.55 Å². The summed E-state index contributed by atoms with van der Waals surface area (Å²) in [5.74, 6) is 1.72. The fraction of sp³-hybridized carbons (Fsp3) is 0.273. The van der Waals surface area contributed by atoms with Gasteiger partial charge in [-0.2, -0.15) is 5.26 Å². The molecule has 8 nitrogen and oxygen atoms in total. The molecule has 0 N–H and O–H groups in total. The summed E-state index contributed by atoms with van der Waals surface area (Å²) >= 11 is 1.39. The number of benzene rings is 2. The molecule has 0 amide bonds. The second-order valence-corrected chi connectivity index (χ2v) is 10.3. The first-order valence-corrected chi connectivity index (χ1v) is 12.4. The summed E-state index contributed by atoms with van der Waals surface area (Å²) in [6.45, 7) is 0.0622. The lowest BCUT2D eigenvalue weighted by Crippen LogP contribution is -2.05. The number of nitriles is 1. The molecule has 0 saturated carbocycles. The number of aromatic nitrogens is 2. The van der Waals surface area contributed by atoms with Crippen molar-refractivity contribution in [3.8, 4) is 17.6 Å². The van der Waals surface area contributed by atoms with Gasteiger partial charge < -0.3 is 18.8 Å². The highest BCUT2D eigenvalue weighted by atomic mass is 32.2. The minimum absolute atomic E-state index is 0.0622. The maximum Gasteiger partial charge on any atom is 0.175 e. The molecule has 3 aromatic rings. The Morgan fingerprint density at radius 2 is 1.94 bits per heavy atom. The molecule has 166 valence electrons. The predicted octanol–water partition coefficient (Wildman–Crippen LogP) is 4.04. The fourth-order valence-corrected chi connectivity index (χ4v) is 5.64. The summed E-state index contributed by atoms with van der Waals surface area (Å²) in [4.78, 5) is 5.15. The molecule has 1 aromatic heterocycles. The van der Waals surface area contributed by atoms with Crippen molar-refractivity contribution in [1.29, 1.82) is 5.26 Å². The molecule has 10 heteroatoms. The molecule has 1 aliphatic heterocycles. The van der Waals surface area contributed by atoms with Crippen LogP contribution in [0.2, 0.25) is 0 Å². The highest BCUT2D eigenvalue weighted by Gasteiger charge is 2.30. The van der Waals surface area contributed by atoms with E-state index in [-0.39, 0.29) is 16.9 Å². The van der Waals surface area contributed by atoms with Gasteiger partial charge in [0, 0.05) is 30.4 Å². The maximum atomic E-state index is 12.0. The molecule has 0 saturated heterocycles. The second-order valence-electron chi connectivity index (χ2n) is 7.16. The van der Waals surface area contributed by atoms with Crippen LogP contribution in [0.4, 0.5) is 0 Å². The van der Waals surface area contributed by atoms with E-state index in [9.17, 15) is 13.7 Å². The lowest BCUT2D eigenvalue weighted by molar-refractivity contribution is 0.185. The van der Waals surface area contributed by atoms with Gasteiger partial charge in [-0.3, -0.25) is 0 Å². The molecule has 1 aliphatic rings. The van der Waals surface area contributed by atoms with Crippen molar-refractivity contribution < 1.29 is 22.6 Å². The molecule has 0 fully saturated rings. The molecular formula is C22H21N3O5S2. The number of hydrogen-bond donors (Lipinski definition) is 0. The molecule has 1 atom stereocenters. The molecule has 0 radical (unpaired) electrons. The first-order chi connectivity index (χ1) is 15.4. The van der Waals surface area contributed by atoms with E-state index in [1.54, 1.807) is 44.8 Å². The number of hydrogen-bond acceptors (Lipinski definition) is 8. The zero-order valence-corrected chi connectivity index (χ0v) is 19.4. The van der Waals surface area contributed by atoms with E-state index < -0.39 is 9.84 Å². The number of methoxy groups -OCH3 is 2. The number of fused-ring (bicyclic) bond motifs is 1. The first-order valence-electron chi connectivity index (χ1n) is 9.65. The Balaban J connectivity index is 1.58. The molecule has 32 heavy (non-hydrogen) atoms. The summed E-state index contributed by atoms with van der Waals surface area (Å²) < 4.78 is 42.8. The van der Waals surface area contributed by atoms with Crippen LogP contribution in [0, 0.1) is 11.3 Å². The van der Waals surface area contributed by atoms with Gasteiger partial charge in [-0.05, 0) is 6.07 Å². The molecule has 2 heterocycles. The number of thioether (sulfide) groups is 1. The van der Waals surface area contributed by atoms with Gasteiger partial charge in [-0.25, -0.2) is 13.4 Å². The van der Waals surface area contributed by atoms with Crippen LogP contribution in [-0.4, -0.2) is 38.4 Å². The quantitative estimate of drug-likeness (QED) is 0.508. The van der Waals surface area contributed by atoms with E-state index in [2.05, 4.69) is 11.1 Å². The van der Waals surface area contributed by atoms with Crippen LogP contribution in [-0.2, 0) is 21.2 Å². The van der Waals surface area contributed by atoms with Gasteiger partial charge in [0.2, 0.25) is 0 Å². The van der Waals surface area contributed by atoms with E-state index in [1.165, 1.54) is 18.0 Å². The van der Waals surface area contributed by atoms with Gasteiger partial charge in [0.15, 0.2) is 21.3 Å². The first kappa shape index (κ1) is 22.0. The highest BCUT2D eigenvalue weighted by molar-refractivity contribution is 8.03. The Kier molecular flexibility index (Phi) is 6.04. The molecule has 0 aliphatic carbocycles. The van der Waals surface area contributed by atoms with E-state index in [0.29, 0.717) is 34.1 Å². The monoisotopic (exact) mass is 471 g/mol. The van der Waals surface area contributed by atoms with Crippen LogP contribution in [0.3, 0.4) is 0 Å². The van der Waals surface area contributed by atoms with Crippen molar-refractivity contribution >= 4 is 32.6 Å². The third-order valence-corrected chi connectivity index (χ3v) is 7.55. The lowest BCUT2D eigenvalue weighted by atomic mass is 10.2. The lowest BCUT2D eigenvalue weighted by Gasteiger charge is -2.14. The summed E-state index contributed by atoms with van der Waals surface area (Å²) in [5, 5.41) is 9.50. The molecule has 0 spiro atoms. The van der Waals surface area contributed by atoms with E-state index in [4.69, 9.17) is 14.2 Å². The van der Waals surface area contributed by atoms with Crippen LogP contribution >= 0.6 is 11.8 Å². The van der Waals surface area contributed by atoms with E-state index in [0.717, 1.165) is 11.0 Å². The SMILES string of the molecule is COc1cc2ncn([C@H]3CC(OCc4ccccc4S(C)(=O)=O)=C(C#N)S3)c2cc1OC. The van der Waals surface area contributed by atoms with Crippen molar-refractivity contribution in [2.24, 2.45) is 0 Å². The topological polar surface area (TPSA) is 103 Å². The zero-order valence-electron chi connectivity index (χ0n) is 17.7. The number of ether oxygens (including phenoxy) is 3. The smallest absolute Gasteiger partial charge is 0.175 e. The second kappa shape index (κ2) is 8.76. The van der Waals surface area contributed by atoms with Crippen molar-refractivity contribution in [2.75, 3.05) is 20.5 Å². The van der Waals surface area contributed by atoms with E-state index >= 15 is 0 Å². The largest absolute Gasteiger partial charge is 0.493 e. The Morgan fingerprint density at radius 3 is 2.62 bits per heavy atom. The molecular weight excluding hydrogens is 450 g/mol. The zero-order chi connectivity index (χ0) is 22.9. The van der Waals surface area contributed by atoms with Crippen molar-refractivity contribution in [2.45, 2.75) is 23.3 Å². The van der Waals surface area contributed by atoms with Gasteiger partial charge in [-0.15, -0.1) is 0 Å². The number of sulfone groups is 1. The summed E-state index contributed by atoms with van der Waals surface area (Å²) in [5.41, 5.74) is 2.15. The number of rotatable bonds is 7. The van der Waals surface area contributed by atoms with Gasteiger partial charge in [0.05, 0.1) is 41.8 Å². The highest BCUT2D eigenvalue weighted by Crippen LogP contribution is 2.46. The Morgan fingerprint density at radius 1 is 1.22 bits per heavy atom. The Labute approximate surface area is 190 Å². The molecule has 0 bridgehead atoms. The van der Waals surface area contributed by atoms with Crippen molar-refractivity contribution in [3.63, 3.8) is 0 Å². The maximum absolute atomic E-state index is 12.0. The van der Waals surface area contributed by atoms with Crippen LogP contribution in [0.5, 0.6) is 11.5 Å². The summed E-state index contributed by atoms with van der Waals surface area (Å²) in [6, 6.07) is 12.6. The van der Waals surface area contributed by atoms with Crippen LogP contribution in [0.15, 0.2) is 58.3 Å². The molecule has 2 aromatic carbocycles. The third-order valence-electron chi connectivity index (χ3n) is 5.13. The fourth-order valence-electron chi connectivity index (χ4n) is 3.60. The van der Waals surface area contributed by atoms with Gasteiger partial charge in [0.25, 0.3) is 0 Å². The van der Waals surface area contributed by atoms with Gasteiger partial charge in [0.1, 0.15) is 23.3 Å². The van der Waals surface area contributed by atoms with Crippen LogP contribution < -0.4 is 9.47 Å². The van der Waals surface area contributed by atoms with Crippen molar-refractivity contribution in [3.05, 3.63) is 59.0 Å². The average molecular weight is 472 g/mol. The minimum Gasteiger partial charge on any atom is -0.493 e. The standard InChI is InChI=1S/C22H21N3O5S2/c1-28-17-8-15-16(9-18(17)29-2)25(13-24-15)22-10-19(20(11-23)31-22)30-12-14-6-4-5-7-21(14)32(3,26)27/h4-9,13,22H,10,12H2,1-3H3/t22-/m1/s1. The normalized spacial score (nSPS) is 16.2. The average Bonchev–Trinajstić information content (AvgIpc) is 3.39. The Bertz CT molecular complexity index is 1360. The van der Waals surface area contributed by atoms with Crippen LogP contribution in [0.1, 0.15) is 17.4 Å². The third kappa shape index (κ3) is 4.13. The van der Waals surface area contributed by atoms with E-state index in [1.807, 2.05) is 16.7 Å². The number of nitrogens with zero attached hydrogens (tertiary/aromatic N) is 3. The Hall–Kier alpha value is -3.16. The summed E-state index contributed by atoms with van der Waals surface area (Å²) in [7, 11) is -0.237. The summed E-state index contributed by atoms with van der Waals surface area (Å²) in [6.07, 6.45) is 3.35. The predicted molar refractivity (Wildman–Crippen MR) is 121 cm³/mol. The van der Waals surface area contributed by atoms with Crippen LogP contribution in [0.25, 0.3) is 11.0 Å². The number of allylic oxidation sites excluding steroid dienone is 2. The van der Waals surface area contributed by atoms with Gasteiger partial charge >= 0.3 is 0 Å².